The first-order chi connectivity index (χ1) is 4.75. The molecular weight excluding hydrogens is 215 g/mol. The minimum absolute atomic E-state index is 0.404. The highest BCUT2D eigenvalue weighted by Crippen LogP contribution is 2.23. The third kappa shape index (κ3) is 1.48. The average Bonchev–Trinajstić information content (AvgIpc) is 1.95. The van der Waals surface area contributed by atoms with Crippen LogP contribution < -0.4 is 5.73 Å². The van der Waals surface area contributed by atoms with Crippen LogP contribution >= 0.6 is 27.5 Å². The summed E-state index contributed by atoms with van der Waals surface area (Å²) in [5.74, 6) is 0. The molecule has 0 saturated heterocycles. The molecule has 0 atom stereocenters. The van der Waals surface area contributed by atoms with Gasteiger partial charge >= 0.3 is 0 Å². The molecule has 4 heteroatoms. The van der Waals surface area contributed by atoms with Crippen LogP contribution in [0.15, 0.2) is 16.7 Å². The summed E-state index contributed by atoms with van der Waals surface area (Å²) >= 11 is 9.02. The van der Waals surface area contributed by atoms with Gasteiger partial charge in [-0.1, -0.05) is 11.6 Å². The van der Waals surface area contributed by atoms with Crippen molar-refractivity contribution in [2.24, 2.45) is 5.73 Å². The van der Waals surface area contributed by atoms with Gasteiger partial charge in [0.15, 0.2) is 0 Å². The first-order valence-corrected chi connectivity index (χ1v) is 3.91. The summed E-state index contributed by atoms with van der Waals surface area (Å²) in [6.07, 6.45) is 1.63. The van der Waals surface area contributed by atoms with Gasteiger partial charge in [-0.2, -0.15) is 0 Å². The molecule has 0 fully saturated rings. The molecule has 2 N–H and O–H groups in total. The van der Waals surface area contributed by atoms with Crippen molar-refractivity contribution in [1.82, 2.24) is 4.98 Å². The fourth-order valence-corrected chi connectivity index (χ4v) is 1.16. The Hall–Kier alpha value is -0.120. The molecule has 1 aromatic heterocycles. The first-order valence-electron chi connectivity index (χ1n) is 2.74. The Balaban J connectivity index is 3.14. The van der Waals surface area contributed by atoms with Crippen LogP contribution in [0.3, 0.4) is 0 Å². The Morgan fingerprint density at radius 3 is 2.90 bits per heavy atom. The van der Waals surface area contributed by atoms with Crippen LogP contribution in [0.5, 0.6) is 0 Å². The molecule has 1 aromatic rings. The van der Waals surface area contributed by atoms with Crippen LogP contribution in [-0.4, -0.2) is 4.98 Å². The van der Waals surface area contributed by atoms with E-state index in [0.717, 1.165) is 10.2 Å². The van der Waals surface area contributed by atoms with E-state index in [-0.39, 0.29) is 0 Å². The topological polar surface area (TPSA) is 38.9 Å². The lowest BCUT2D eigenvalue weighted by atomic mass is 10.3. The van der Waals surface area contributed by atoms with Crippen LogP contribution in [-0.2, 0) is 6.54 Å². The molecule has 1 rings (SSSR count). The molecule has 0 aliphatic heterocycles. The highest BCUT2D eigenvalue weighted by Gasteiger charge is 2.01. The molecule has 54 valence electrons. The molecule has 0 spiro atoms. The standard InChI is InChI=1S/C6H6BrClN2/c7-6-4(8)1-2-10-5(6)3-9/h1-2H,3,9H2. The maximum absolute atomic E-state index is 5.75. The smallest absolute Gasteiger partial charge is 0.0696 e. The summed E-state index contributed by atoms with van der Waals surface area (Å²) in [5, 5.41) is 0.649. The van der Waals surface area contributed by atoms with Crippen molar-refractivity contribution in [3.05, 3.63) is 27.5 Å². The Morgan fingerprint density at radius 1 is 1.70 bits per heavy atom. The van der Waals surface area contributed by atoms with Gasteiger partial charge in [0.1, 0.15) is 0 Å². The van der Waals surface area contributed by atoms with Gasteiger partial charge < -0.3 is 5.73 Å². The van der Waals surface area contributed by atoms with Crippen LogP contribution in [0.1, 0.15) is 5.69 Å². The van der Waals surface area contributed by atoms with Crippen molar-refractivity contribution < 1.29 is 0 Å². The lowest BCUT2D eigenvalue weighted by Crippen LogP contribution is -2.00. The predicted octanol–water partition coefficient (Wildman–Crippen LogP) is 1.96. The molecule has 1 heterocycles. The third-order valence-corrected chi connectivity index (χ3v) is 2.54. The van der Waals surface area contributed by atoms with Crippen molar-refractivity contribution in [3.8, 4) is 0 Å². The average molecular weight is 221 g/mol. The minimum atomic E-state index is 0.404. The van der Waals surface area contributed by atoms with Crippen LogP contribution in [0.4, 0.5) is 0 Å². The van der Waals surface area contributed by atoms with Crippen LogP contribution in [0, 0.1) is 0 Å². The predicted molar refractivity (Wildman–Crippen MR) is 44.8 cm³/mol. The van der Waals surface area contributed by atoms with E-state index in [4.69, 9.17) is 17.3 Å². The zero-order valence-electron chi connectivity index (χ0n) is 5.14. The zero-order chi connectivity index (χ0) is 7.56. The van der Waals surface area contributed by atoms with E-state index >= 15 is 0 Å². The van der Waals surface area contributed by atoms with Crippen molar-refractivity contribution in [1.29, 1.82) is 0 Å². The van der Waals surface area contributed by atoms with Crippen LogP contribution in [0.2, 0.25) is 5.02 Å². The number of pyridine rings is 1. The second-order valence-corrected chi connectivity index (χ2v) is 2.96. The molecule has 0 aliphatic carbocycles. The third-order valence-electron chi connectivity index (χ3n) is 1.11. The minimum Gasteiger partial charge on any atom is -0.325 e. The van der Waals surface area contributed by atoms with E-state index in [0.29, 0.717) is 11.6 Å². The number of hydrogen-bond acceptors (Lipinski definition) is 2. The van der Waals surface area contributed by atoms with Gasteiger partial charge in [0.2, 0.25) is 0 Å². The molecule has 0 amide bonds. The Bertz CT molecular complexity index is 239. The Kier molecular flexibility index (Phi) is 2.65. The number of aromatic nitrogens is 1. The van der Waals surface area contributed by atoms with Crippen molar-refractivity contribution >= 4 is 27.5 Å². The van der Waals surface area contributed by atoms with Crippen molar-refractivity contribution in [3.63, 3.8) is 0 Å². The normalized spacial score (nSPS) is 9.90. The lowest BCUT2D eigenvalue weighted by Gasteiger charge is -1.99. The molecule has 0 unspecified atom stereocenters. The Labute approximate surface area is 72.5 Å². The zero-order valence-corrected chi connectivity index (χ0v) is 7.48. The van der Waals surface area contributed by atoms with Gasteiger partial charge in [0.25, 0.3) is 0 Å². The van der Waals surface area contributed by atoms with E-state index in [1.165, 1.54) is 0 Å². The molecule has 0 aromatic carbocycles. The number of rotatable bonds is 1. The second kappa shape index (κ2) is 3.32. The van der Waals surface area contributed by atoms with Gasteiger partial charge in [0.05, 0.1) is 15.2 Å². The monoisotopic (exact) mass is 220 g/mol. The maximum atomic E-state index is 5.75. The fraction of sp³-hybridized carbons (Fsp3) is 0.167. The van der Waals surface area contributed by atoms with Gasteiger partial charge in [0, 0.05) is 12.7 Å². The van der Waals surface area contributed by atoms with Gasteiger partial charge in [-0.15, -0.1) is 0 Å². The van der Waals surface area contributed by atoms with Gasteiger partial charge in [-0.25, -0.2) is 0 Å². The van der Waals surface area contributed by atoms with Crippen molar-refractivity contribution in [2.75, 3.05) is 0 Å². The van der Waals surface area contributed by atoms with E-state index < -0.39 is 0 Å². The molecular formula is C6H6BrClN2. The largest absolute Gasteiger partial charge is 0.325 e. The first kappa shape index (κ1) is 7.98. The fourth-order valence-electron chi connectivity index (χ4n) is 0.603. The number of halogens is 2. The molecule has 2 nitrogen and oxygen atoms in total. The summed E-state index contributed by atoms with van der Waals surface area (Å²) in [4.78, 5) is 4.00. The number of nitrogens with zero attached hydrogens (tertiary/aromatic N) is 1. The SMILES string of the molecule is NCc1nccc(Cl)c1Br. The summed E-state index contributed by atoms with van der Waals surface area (Å²) in [7, 11) is 0. The number of hydrogen-bond donors (Lipinski definition) is 1. The van der Waals surface area contributed by atoms with E-state index in [2.05, 4.69) is 20.9 Å². The van der Waals surface area contributed by atoms with Gasteiger partial charge in [-0.05, 0) is 22.0 Å². The molecule has 0 bridgehead atoms. The second-order valence-electron chi connectivity index (χ2n) is 1.76. The Morgan fingerprint density at radius 2 is 2.40 bits per heavy atom. The van der Waals surface area contributed by atoms with Crippen molar-refractivity contribution in [2.45, 2.75) is 6.54 Å². The summed E-state index contributed by atoms with van der Waals surface area (Å²) < 4.78 is 0.791. The van der Waals surface area contributed by atoms with Gasteiger partial charge in [-0.3, -0.25) is 4.98 Å². The maximum Gasteiger partial charge on any atom is 0.0696 e. The highest BCUT2D eigenvalue weighted by atomic mass is 79.9. The number of nitrogens with two attached hydrogens (primary N) is 1. The molecule has 0 saturated carbocycles. The van der Waals surface area contributed by atoms with E-state index in [9.17, 15) is 0 Å². The van der Waals surface area contributed by atoms with E-state index in [1.54, 1.807) is 12.3 Å². The highest BCUT2D eigenvalue weighted by molar-refractivity contribution is 9.10. The lowest BCUT2D eigenvalue weighted by molar-refractivity contribution is 0.980. The summed E-state index contributed by atoms with van der Waals surface area (Å²) in [5.41, 5.74) is 6.15. The van der Waals surface area contributed by atoms with Crippen LogP contribution in [0.25, 0.3) is 0 Å². The molecule has 0 aliphatic rings. The molecule has 0 radical (unpaired) electrons. The summed E-state index contributed by atoms with van der Waals surface area (Å²) in [6, 6.07) is 1.71. The van der Waals surface area contributed by atoms with E-state index in [1.807, 2.05) is 0 Å². The molecule has 10 heavy (non-hydrogen) atoms. The quantitative estimate of drug-likeness (QED) is 0.787. The summed E-state index contributed by atoms with van der Waals surface area (Å²) in [6.45, 7) is 0.404.